The lowest BCUT2D eigenvalue weighted by Crippen LogP contribution is -2.59. The maximum absolute atomic E-state index is 14.9. The second-order valence-corrected chi connectivity index (χ2v) is 14.0. The fourth-order valence-corrected chi connectivity index (χ4v) is 8.26. The van der Waals surface area contributed by atoms with Crippen LogP contribution in [0.1, 0.15) is 62.7 Å². The number of ether oxygens (including phenoxy) is 3. The third kappa shape index (κ3) is 8.01. The number of hydrogen-bond acceptors (Lipinski definition) is 8. The molecule has 3 aliphatic heterocycles. The van der Waals surface area contributed by atoms with Crippen LogP contribution in [0.3, 0.4) is 0 Å². The predicted octanol–water partition coefficient (Wildman–Crippen LogP) is 4.16. The maximum Gasteiger partial charge on any atom is 0.313 e. The molecular formula is C41H53N3O8. The molecule has 2 aromatic rings. The molecule has 2 N–H and O–H groups in total. The zero-order valence-electron chi connectivity index (χ0n) is 30.4. The van der Waals surface area contributed by atoms with Gasteiger partial charge in [-0.3, -0.25) is 19.2 Å². The van der Waals surface area contributed by atoms with Crippen LogP contribution < -0.4 is 5.32 Å². The number of aliphatic hydroxyl groups excluding tert-OH is 1. The summed E-state index contributed by atoms with van der Waals surface area (Å²) in [4.78, 5) is 60.3. The van der Waals surface area contributed by atoms with Crippen molar-refractivity contribution in [2.24, 2.45) is 11.8 Å². The number of fused-ring (bicyclic) bond motifs is 1. The number of nitrogens with one attached hydrogen (secondary N) is 1. The molecule has 1 spiro atoms. The molecule has 2 bridgehead atoms. The van der Waals surface area contributed by atoms with Crippen molar-refractivity contribution in [3.05, 3.63) is 97.1 Å². The van der Waals surface area contributed by atoms with Crippen molar-refractivity contribution in [3.8, 4) is 0 Å². The van der Waals surface area contributed by atoms with Crippen LogP contribution in [0.25, 0.3) is 0 Å². The summed E-state index contributed by atoms with van der Waals surface area (Å²) < 4.78 is 18.5. The maximum atomic E-state index is 14.9. The van der Waals surface area contributed by atoms with Crippen LogP contribution in [-0.4, -0.2) is 102 Å². The van der Waals surface area contributed by atoms with Crippen LogP contribution in [0.4, 0.5) is 0 Å². The normalized spacial score (nSPS) is 24.8. The first kappa shape index (κ1) is 38.9. The third-order valence-electron chi connectivity index (χ3n) is 10.6. The summed E-state index contributed by atoms with van der Waals surface area (Å²) >= 11 is 0. The number of esters is 1. The number of allylic oxidation sites excluding steroid dienone is 1. The number of amides is 3. The Bertz CT molecular complexity index is 1550. The SMILES string of the molecule is C=CCCC(=O)N[C@@H](COC)[C@@H](OC(=O)[C@@H]1[C@H]2C(=O)N([C@@H](CO)Cc3ccccc3)[C@H](C(=O)N(CC=C)CCCC)[C@]23CC[C@H]1O3)c1ccccc1. The second kappa shape index (κ2) is 17.9. The summed E-state index contributed by atoms with van der Waals surface area (Å²) in [5, 5.41) is 13.8. The van der Waals surface area contributed by atoms with E-state index in [0.29, 0.717) is 37.8 Å². The number of rotatable bonds is 20. The standard InChI is InChI=1S/C41H53N3O8/c1-5-8-20-33(46)42-31(27-50-4)36(29-18-14-11-15-19-29)51-40(49)34-32-21-22-41(52-32)35(34)38(47)44(30(26-45)25-28-16-12-10-13-17-28)37(41)39(48)43(23-7-3)24-9-6-2/h5,7,10-19,30-32,34-37,45H,1,3,6,8-9,20-27H2,2,4H3,(H,42,46)/t30-,31+,32-,34+,35+,36+,37-,41+/m1/s1. The van der Waals surface area contributed by atoms with E-state index in [1.807, 2.05) is 67.6 Å². The lowest BCUT2D eigenvalue weighted by Gasteiger charge is -2.39. The number of benzene rings is 2. The smallest absolute Gasteiger partial charge is 0.313 e. The highest BCUT2D eigenvalue weighted by atomic mass is 16.6. The average molecular weight is 716 g/mol. The van der Waals surface area contributed by atoms with E-state index >= 15 is 0 Å². The molecule has 2 aromatic carbocycles. The molecule has 3 heterocycles. The second-order valence-electron chi connectivity index (χ2n) is 14.0. The Kier molecular flexibility index (Phi) is 13.4. The molecule has 52 heavy (non-hydrogen) atoms. The number of carbonyl (C=O) groups excluding carboxylic acids is 4. The molecule has 5 rings (SSSR count). The molecule has 3 fully saturated rings. The molecule has 0 aliphatic carbocycles. The molecule has 8 atom stereocenters. The van der Waals surface area contributed by atoms with Crippen LogP contribution in [0.5, 0.6) is 0 Å². The highest BCUT2D eigenvalue weighted by Gasteiger charge is 2.75. The fourth-order valence-electron chi connectivity index (χ4n) is 8.26. The van der Waals surface area contributed by atoms with Gasteiger partial charge in [-0.1, -0.05) is 86.2 Å². The number of unbranched alkanes of at least 4 members (excludes halogenated alkanes) is 1. The summed E-state index contributed by atoms with van der Waals surface area (Å²) in [5.41, 5.74) is 0.258. The molecule has 280 valence electrons. The van der Waals surface area contributed by atoms with Crippen molar-refractivity contribution < 1.29 is 38.5 Å². The quantitative estimate of drug-likeness (QED) is 0.154. The highest BCUT2D eigenvalue weighted by molar-refractivity contribution is 5.98. The topological polar surface area (TPSA) is 135 Å². The van der Waals surface area contributed by atoms with Crippen LogP contribution in [0.2, 0.25) is 0 Å². The number of hydrogen-bond donors (Lipinski definition) is 2. The van der Waals surface area contributed by atoms with Gasteiger partial charge in [0.15, 0.2) is 0 Å². The van der Waals surface area contributed by atoms with E-state index in [2.05, 4.69) is 18.5 Å². The molecule has 0 unspecified atom stereocenters. The fraction of sp³-hybridized carbons (Fsp3) is 0.512. The first-order valence-corrected chi connectivity index (χ1v) is 18.4. The van der Waals surface area contributed by atoms with E-state index in [1.165, 1.54) is 12.0 Å². The van der Waals surface area contributed by atoms with Crippen LogP contribution >= 0.6 is 0 Å². The largest absolute Gasteiger partial charge is 0.455 e. The zero-order valence-corrected chi connectivity index (χ0v) is 30.4. The van der Waals surface area contributed by atoms with Gasteiger partial charge < -0.3 is 34.4 Å². The Morgan fingerprint density at radius 1 is 1.12 bits per heavy atom. The van der Waals surface area contributed by atoms with Crippen LogP contribution in [0, 0.1) is 11.8 Å². The van der Waals surface area contributed by atoms with Gasteiger partial charge in [-0.25, -0.2) is 0 Å². The van der Waals surface area contributed by atoms with E-state index in [4.69, 9.17) is 14.2 Å². The van der Waals surface area contributed by atoms with Gasteiger partial charge in [-0.15, -0.1) is 13.2 Å². The zero-order chi connectivity index (χ0) is 37.3. The minimum atomic E-state index is -1.29. The third-order valence-corrected chi connectivity index (χ3v) is 10.6. The lowest BCUT2D eigenvalue weighted by molar-refractivity contribution is -0.163. The van der Waals surface area contributed by atoms with E-state index < -0.39 is 59.6 Å². The lowest BCUT2D eigenvalue weighted by atomic mass is 9.70. The van der Waals surface area contributed by atoms with Crippen LogP contribution in [0.15, 0.2) is 86.0 Å². The van der Waals surface area contributed by atoms with Gasteiger partial charge in [0, 0.05) is 26.6 Å². The number of nitrogens with zero attached hydrogens (tertiary/aromatic N) is 2. The van der Waals surface area contributed by atoms with Crippen molar-refractivity contribution in [1.29, 1.82) is 0 Å². The van der Waals surface area contributed by atoms with E-state index in [-0.39, 0.29) is 38.0 Å². The van der Waals surface area contributed by atoms with Gasteiger partial charge in [0.1, 0.15) is 17.7 Å². The molecule has 0 saturated carbocycles. The van der Waals surface area contributed by atoms with Crippen molar-refractivity contribution >= 4 is 23.7 Å². The van der Waals surface area contributed by atoms with Gasteiger partial charge in [0.2, 0.25) is 17.7 Å². The van der Waals surface area contributed by atoms with Crippen molar-refractivity contribution in [2.45, 2.75) is 87.8 Å². The number of carbonyl (C=O) groups is 4. The Morgan fingerprint density at radius 2 is 1.83 bits per heavy atom. The molecular weight excluding hydrogens is 662 g/mol. The van der Waals surface area contributed by atoms with Crippen LogP contribution in [-0.2, 0) is 39.8 Å². The van der Waals surface area contributed by atoms with Crippen molar-refractivity contribution in [1.82, 2.24) is 15.1 Å². The average Bonchev–Trinajstić information content (AvgIpc) is 3.81. The van der Waals surface area contributed by atoms with E-state index in [1.54, 1.807) is 17.1 Å². The van der Waals surface area contributed by atoms with Gasteiger partial charge in [-0.2, -0.15) is 0 Å². The molecule has 3 amide bonds. The Balaban J connectivity index is 1.52. The molecule has 11 nitrogen and oxygen atoms in total. The van der Waals surface area contributed by atoms with Gasteiger partial charge in [0.05, 0.1) is 43.2 Å². The predicted molar refractivity (Wildman–Crippen MR) is 196 cm³/mol. The first-order valence-electron chi connectivity index (χ1n) is 18.4. The summed E-state index contributed by atoms with van der Waals surface area (Å²) in [6, 6.07) is 16.1. The summed E-state index contributed by atoms with van der Waals surface area (Å²) in [6.07, 6.45) is 5.21. The molecule has 3 saturated heterocycles. The Labute approximate surface area is 307 Å². The number of aliphatic hydroxyl groups is 1. The summed E-state index contributed by atoms with van der Waals surface area (Å²) in [6.45, 7) is 10.0. The highest BCUT2D eigenvalue weighted by Crippen LogP contribution is 2.59. The molecule has 0 aromatic heterocycles. The van der Waals surface area contributed by atoms with Crippen molar-refractivity contribution in [3.63, 3.8) is 0 Å². The van der Waals surface area contributed by atoms with Gasteiger partial charge in [0.25, 0.3) is 0 Å². The minimum absolute atomic E-state index is 0.0580. The Morgan fingerprint density at radius 3 is 2.46 bits per heavy atom. The minimum Gasteiger partial charge on any atom is -0.455 e. The van der Waals surface area contributed by atoms with Crippen molar-refractivity contribution in [2.75, 3.05) is 33.4 Å². The Hall–Kier alpha value is -4.32. The van der Waals surface area contributed by atoms with E-state index in [9.17, 15) is 24.3 Å². The summed E-state index contributed by atoms with van der Waals surface area (Å²) in [7, 11) is 1.51. The summed E-state index contributed by atoms with van der Waals surface area (Å²) in [5.74, 6) is -3.60. The monoisotopic (exact) mass is 715 g/mol. The number of likely N-dealkylation sites (tertiary alicyclic amines) is 1. The van der Waals surface area contributed by atoms with E-state index in [0.717, 1.165) is 18.4 Å². The number of methoxy groups -OCH3 is 1. The first-order chi connectivity index (χ1) is 25.2. The molecule has 11 heteroatoms. The van der Waals surface area contributed by atoms with Gasteiger partial charge in [-0.05, 0) is 43.2 Å². The molecule has 3 aliphatic rings. The van der Waals surface area contributed by atoms with Gasteiger partial charge >= 0.3 is 5.97 Å². The molecule has 0 radical (unpaired) electrons.